The van der Waals surface area contributed by atoms with Crippen molar-refractivity contribution in [2.75, 3.05) is 44.7 Å². The number of hydrogen-bond donors (Lipinski definition) is 2. The number of carbonyl (C=O) groups excluding carboxylic acids is 1. The van der Waals surface area contributed by atoms with E-state index in [1.165, 1.54) is 6.07 Å². The van der Waals surface area contributed by atoms with Gasteiger partial charge in [-0.25, -0.2) is 14.2 Å². The SMILES string of the molecule is CCCN(CCNC(=NC)NC1CCN(c2ncccc2F)C1)C(=O)OC(C)(C)C.I. The van der Waals surface area contributed by atoms with Crippen LogP contribution in [0.3, 0.4) is 0 Å². The minimum absolute atomic E-state index is 0. The Kier molecular flexibility index (Phi) is 11.3. The van der Waals surface area contributed by atoms with Gasteiger partial charge in [0.25, 0.3) is 0 Å². The van der Waals surface area contributed by atoms with Crippen molar-refractivity contribution in [3.8, 4) is 0 Å². The highest BCUT2D eigenvalue weighted by Crippen LogP contribution is 2.20. The number of carbonyl (C=O) groups is 1. The van der Waals surface area contributed by atoms with Crippen molar-refractivity contribution >= 4 is 41.8 Å². The van der Waals surface area contributed by atoms with E-state index < -0.39 is 5.60 Å². The summed E-state index contributed by atoms with van der Waals surface area (Å²) >= 11 is 0. The quantitative estimate of drug-likeness (QED) is 0.308. The van der Waals surface area contributed by atoms with Gasteiger partial charge < -0.3 is 25.2 Å². The van der Waals surface area contributed by atoms with Crippen LogP contribution in [-0.4, -0.2) is 73.4 Å². The average Bonchev–Trinajstić information content (AvgIpc) is 3.13. The largest absolute Gasteiger partial charge is 0.444 e. The molecule has 1 saturated heterocycles. The number of hydrogen-bond acceptors (Lipinski definition) is 5. The van der Waals surface area contributed by atoms with Crippen LogP contribution in [-0.2, 0) is 4.74 Å². The molecule has 176 valence electrons. The smallest absolute Gasteiger partial charge is 0.410 e. The molecule has 1 fully saturated rings. The number of ether oxygens (including phenoxy) is 1. The number of halogens is 2. The van der Waals surface area contributed by atoms with Crippen LogP contribution in [0.4, 0.5) is 15.0 Å². The molecule has 0 spiro atoms. The summed E-state index contributed by atoms with van der Waals surface area (Å²) in [7, 11) is 1.71. The van der Waals surface area contributed by atoms with Crippen LogP contribution in [0.15, 0.2) is 23.3 Å². The van der Waals surface area contributed by atoms with Crippen LogP contribution in [0.25, 0.3) is 0 Å². The number of amides is 1. The molecule has 2 heterocycles. The Morgan fingerprint density at radius 3 is 2.77 bits per heavy atom. The maximum Gasteiger partial charge on any atom is 0.410 e. The van der Waals surface area contributed by atoms with Gasteiger partial charge >= 0.3 is 6.09 Å². The second-order valence-electron chi connectivity index (χ2n) is 8.35. The highest BCUT2D eigenvalue weighted by Gasteiger charge is 2.26. The standard InChI is InChI=1S/C21H35FN6O2.HI/c1-6-12-27(20(29)30-21(2,3)4)14-11-25-19(23-5)26-16-9-13-28(15-16)18-17(22)8-7-10-24-18;/h7-8,10,16H,6,9,11-15H2,1-5H3,(H2,23,25,26);1H. The Bertz CT molecular complexity index is 728. The van der Waals surface area contributed by atoms with E-state index in [2.05, 4.69) is 20.6 Å². The molecule has 2 rings (SSSR count). The lowest BCUT2D eigenvalue weighted by Crippen LogP contribution is -2.47. The highest BCUT2D eigenvalue weighted by atomic mass is 127. The zero-order valence-corrected chi connectivity index (χ0v) is 21.5. The third kappa shape index (κ3) is 9.04. The van der Waals surface area contributed by atoms with Crippen molar-refractivity contribution in [1.82, 2.24) is 20.5 Å². The van der Waals surface area contributed by atoms with Gasteiger partial charge in [-0.2, -0.15) is 0 Å². The predicted octanol–water partition coefficient (Wildman–Crippen LogP) is 3.23. The van der Waals surface area contributed by atoms with Gasteiger partial charge in [0.1, 0.15) is 5.60 Å². The number of pyridine rings is 1. The van der Waals surface area contributed by atoms with Crippen molar-refractivity contribution < 1.29 is 13.9 Å². The first kappa shape index (κ1) is 27.2. The maximum atomic E-state index is 14.0. The van der Waals surface area contributed by atoms with Crippen LogP contribution >= 0.6 is 24.0 Å². The molecular formula is C21H36FIN6O2. The van der Waals surface area contributed by atoms with Gasteiger partial charge in [-0.3, -0.25) is 4.99 Å². The monoisotopic (exact) mass is 550 g/mol. The molecule has 0 radical (unpaired) electrons. The molecule has 1 aromatic heterocycles. The maximum absolute atomic E-state index is 14.0. The number of rotatable bonds is 7. The Balaban J connectivity index is 0.00000480. The lowest BCUT2D eigenvalue weighted by atomic mass is 10.2. The fourth-order valence-electron chi connectivity index (χ4n) is 3.27. The van der Waals surface area contributed by atoms with Gasteiger partial charge in [0.05, 0.1) is 0 Å². The molecule has 1 aliphatic heterocycles. The van der Waals surface area contributed by atoms with E-state index in [0.29, 0.717) is 38.0 Å². The summed E-state index contributed by atoms with van der Waals surface area (Å²) < 4.78 is 19.4. The van der Waals surface area contributed by atoms with Gasteiger partial charge in [0.15, 0.2) is 17.6 Å². The highest BCUT2D eigenvalue weighted by molar-refractivity contribution is 14.0. The number of anilines is 1. The fourth-order valence-corrected chi connectivity index (χ4v) is 3.27. The Labute approximate surface area is 202 Å². The summed E-state index contributed by atoms with van der Waals surface area (Å²) in [4.78, 5) is 24.4. The van der Waals surface area contributed by atoms with Crippen molar-refractivity contribution in [1.29, 1.82) is 0 Å². The molecule has 1 atom stereocenters. The van der Waals surface area contributed by atoms with Gasteiger partial charge in [0, 0.05) is 52.0 Å². The van der Waals surface area contributed by atoms with E-state index in [9.17, 15) is 9.18 Å². The number of aromatic nitrogens is 1. The van der Waals surface area contributed by atoms with Gasteiger partial charge in [0.2, 0.25) is 0 Å². The molecule has 10 heteroatoms. The van der Waals surface area contributed by atoms with Crippen molar-refractivity contribution in [3.63, 3.8) is 0 Å². The first-order chi connectivity index (χ1) is 14.2. The number of aliphatic imine (C=N–C) groups is 1. The van der Waals surface area contributed by atoms with Crippen LogP contribution < -0.4 is 15.5 Å². The zero-order chi connectivity index (χ0) is 22.1. The van der Waals surface area contributed by atoms with E-state index in [-0.39, 0.29) is 41.9 Å². The molecule has 31 heavy (non-hydrogen) atoms. The third-order valence-corrected chi connectivity index (χ3v) is 4.61. The minimum Gasteiger partial charge on any atom is -0.444 e. The molecule has 2 N–H and O–H groups in total. The van der Waals surface area contributed by atoms with Gasteiger partial charge in [-0.1, -0.05) is 6.92 Å². The molecule has 1 aliphatic rings. The van der Waals surface area contributed by atoms with Crippen molar-refractivity contribution in [2.45, 2.75) is 52.2 Å². The summed E-state index contributed by atoms with van der Waals surface area (Å²) in [6, 6.07) is 3.15. The number of nitrogens with one attached hydrogen (secondary N) is 2. The van der Waals surface area contributed by atoms with Crippen LogP contribution in [0, 0.1) is 5.82 Å². The number of nitrogens with zero attached hydrogens (tertiary/aromatic N) is 4. The molecule has 0 saturated carbocycles. The molecule has 0 aromatic carbocycles. The second kappa shape index (κ2) is 12.9. The summed E-state index contributed by atoms with van der Waals surface area (Å²) in [6.07, 6.45) is 3.01. The van der Waals surface area contributed by atoms with E-state index >= 15 is 0 Å². The molecule has 0 aliphatic carbocycles. The Hall–Kier alpha value is -1.85. The topological polar surface area (TPSA) is 82.1 Å². The Morgan fingerprint density at radius 1 is 1.42 bits per heavy atom. The molecule has 0 bridgehead atoms. The Morgan fingerprint density at radius 2 is 2.16 bits per heavy atom. The summed E-state index contributed by atoms with van der Waals surface area (Å²) in [6.45, 7) is 10.7. The van der Waals surface area contributed by atoms with Crippen LogP contribution in [0.2, 0.25) is 0 Å². The zero-order valence-electron chi connectivity index (χ0n) is 19.2. The summed E-state index contributed by atoms with van der Waals surface area (Å²) in [5.41, 5.74) is -0.518. The number of guanidine groups is 1. The molecule has 1 unspecified atom stereocenters. The summed E-state index contributed by atoms with van der Waals surface area (Å²) in [5, 5.41) is 6.62. The lowest BCUT2D eigenvalue weighted by Gasteiger charge is -2.27. The van der Waals surface area contributed by atoms with Gasteiger partial charge in [-0.05, 0) is 45.7 Å². The molecule has 8 nitrogen and oxygen atoms in total. The average molecular weight is 550 g/mol. The van der Waals surface area contributed by atoms with E-state index in [1.807, 2.05) is 32.6 Å². The third-order valence-electron chi connectivity index (χ3n) is 4.61. The van der Waals surface area contributed by atoms with Crippen LogP contribution in [0.5, 0.6) is 0 Å². The molecule has 1 amide bonds. The predicted molar refractivity (Wildman–Crippen MR) is 133 cm³/mol. The van der Waals surface area contributed by atoms with E-state index in [1.54, 1.807) is 24.2 Å². The van der Waals surface area contributed by atoms with E-state index in [4.69, 9.17) is 4.74 Å². The van der Waals surface area contributed by atoms with Crippen molar-refractivity contribution in [3.05, 3.63) is 24.1 Å². The second-order valence-corrected chi connectivity index (χ2v) is 8.35. The first-order valence-electron chi connectivity index (χ1n) is 10.5. The molecular weight excluding hydrogens is 514 g/mol. The van der Waals surface area contributed by atoms with Crippen molar-refractivity contribution in [2.24, 2.45) is 4.99 Å². The first-order valence-corrected chi connectivity index (χ1v) is 10.5. The molecule has 1 aromatic rings. The normalized spacial score (nSPS) is 16.5. The fraction of sp³-hybridized carbons (Fsp3) is 0.667. The van der Waals surface area contributed by atoms with E-state index in [0.717, 1.165) is 19.4 Å². The minimum atomic E-state index is -0.518. The van der Waals surface area contributed by atoms with Crippen LogP contribution in [0.1, 0.15) is 40.5 Å². The van der Waals surface area contributed by atoms with Gasteiger partial charge in [-0.15, -0.1) is 24.0 Å². The summed E-state index contributed by atoms with van der Waals surface area (Å²) in [5.74, 6) is 0.736. The lowest BCUT2D eigenvalue weighted by molar-refractivity contribution is 0.0253.